The molecular weight excluding hydrogens is 198 g/mol. The van der Waals surface area contributed by atoms with E-state index in [1.165, 1.54) is 0 Å². The first-order valence-electron chi connectivity index (χ1n) is 5.59. The van der Waals surface area contributed by atoms with Gasteiger partial charge in [-0.25, -0.2) is 4.98 Å². The molecule has 1 aliphatic carbocycles. The third-order valence-electron chi connectivity index (χ3n) is 3.47. The average molecular weight is 215 g/mol. The molecule has 0 atom stereocenters. The van der Waals surface area contributed by atoms with Crippen molar-refractivity contribution in [1.82, 2.24) is 15.2 Å². The van der Waals surface area contributed by atoms with Crippen molar-refractivity contribution in [2.24, 2.45) is 0 Å². The van der Waals surface area contributed by atoms with Crippen molar-refractivity contribution in [3.8, 4) is 12.3 Å². The lowest BCUT2D eigenvalue weighted by molar-refractivity contribution is 0.310. The number of hydrogen-bond donors (Lipinski definition) is 0. The average Bonchev–Trinajstić information content (AvgIpc) is 2.24. The van der Waals surface area contributed by atoms with Gasteiger partial charge in [0.25, 0.3) is 0 Å². The lowest BCUT2D eigenvalue weighted by atomic mass is 9.67. The van der Waals surface area contributed by atoms with Gasteiger partial charge in [0.05, 0.1) is 11.4 Å². The second-order valence-electron chi connectivity index (χ2n) is 5.74. The van der Waals surface area contributed by atoms with Crippen molar-refractivity contribution >= 4 is 0 Å². The largest absolute Gasteiger partial charge is 0.225 e. The lowest BCUT2D eigenvalue weighted by Gasteiger charge is -2.38. The van der Waals surface area contributed by atoms with Crippen molar-refractivity contribution < 1.29 is 0 Å². The SMILES string of the molecule is C#Cc1nnc2c(n1)C(C)(C)CCC2(C)C. The van der Waals surface area contributed by atoms with Crippen molar-refractivity contribution in [3.63, 3.8) is 0 Å². The predicted octanol–water partition coefficient (Wildman–Crippen LogP) is 2.20. The van der Waals surface area contributed by atoms with Gasteiger partial charge in [0, 0.05) is 10.8 Å². The van der Waals surface area contributed by atoms with Gasteiger partial charge in [-0.15, -0.1) is 11.5 Å². The summed E-state index contributed by atoms with van der Waals surface area (Å²) in [5, 5.41) is 8.26. The molecule has 1 aromatic heterocycles. The number of nitrogens with zero attached hydrogens (tertiary/aromatic N) is 3. The first kappa shape index (κ1) is 11.1. The predicted molar refractivity (Wildman–Crippen MR) is 63.0 cm³/mol. The third-order valence-corrected chi connectivity index (χ3v) is 3.47. The van der Waals surface area contributed by atoms with Gasteiger partial charge in [0.2, 0.25) is 5.82 Å². The summed E-state index contributed by atoms with van der Waals surface area (Å²) in [6.07, 6.45) is 7.54. The summed E-state index contributed by atoms with van der Waals surface area (Å²) in [5.74, 6) is 2.85. The van der Waals surface area contributed by atoms with Gasteiger partial charge < -0.3 is 0 Å². The Morgan fingerprint density at radius 1 is 1.00 bits per heavy atom. The molecule has 2 rings (SSSR count). The maximum atomic E-state index is 5.32. The van der Waals surface area contributed by atoms with Gasteiger partial charge in [0.15, 0.2) is 0 Å². The Hall–Kier alpha value is -1.43. The van der Waals surface area contributed by atoms with E-state index in [-0.39, 0.29) is 10.8 Å². The molecule has 3 heteroatoms. The topological polar surface area (TPSA) is 38.7 Å². The molecule has 0 saturated heterocycles. The standard InChI is InChI=1S/C13H17N3/c1-6-9-14-10-11(16-15-9)13(4,5)8-7-12(10,2)3/h1H,7-8H2,2-5H3. The quantitative estimate of drug-likeness (QED) is 0.623. The van der Waals surface area contributed by atoms with E-state index >= 15 is 0 Å². The van der Waals surface area contributed by atoms with Gasteiger partial charge >= 0.3 is 0 Å². The summed E-state index contributed by atoms with van der Waals surface area (Å²) in [4.78, 5) is 4.47. The third kappa shape index (κ3) is 1.59. The molecule has 0 N–H and O–H groups in total. The number of terminal acetylenes is 1. The summed E-state index contributed by atoms with van der Waals surface area (Å²) < 4.78 is 0. The summed E-state index contributed by atoms with van der Waals surface area (Å²) in [5.41, 5.74) is 2.12. The molecule has 3 nitrogen and oxygen atoms in total. The van der Waals surface area contributed by atoms with E-state index in [1.807, 2.05) is 0 Å². The molecule has 84 valence electrons. The highest BCUT2D eigenvalue weighted by Crippen LogP contribution is 2.43. The molecule has 0 spiro atoms. The zero-order valence-electron chi connectivity index (χ0n) is 10.3. The maximum absolute atomic E-state index is 5.32. The highest BCUT2D eigenvalue weighted by Gasteiger charge is 2.40. The van der Waals surface area contributed by atoms with E-state index in [0.717, 1.165) is 24.2 Å². The monoisotopic (exact) mass is 215 g/mol. The van der Waals surface area contributed by atoms with Crippen molar-refractivity contribution in [3.05, 3.63) is 17.2 Å². The first-order chi connectivity index (χ1) is 7.37. The Labute approximate surface area is 96.7 Å². The van der Waals surface area contributed by atoms with E-state index in [9.17, 15) is 0 Å². The van der Waals surface area contributed by atoms with E-state index in [1.54, 1.807) is 0 Å². The second kappa shape index (κ2) is 3.28. The number of rotatable bonds is 0. The minimum absolute atomic E-state index is 0.0480. The van der Waals surface area contributed by atoms with Gasteiger partial charge in [-0.2, -0.15) is 5.10 Å². The number of hydrogen-bond acceptors (Lipinski definition) is 3. The Kier molecular flexibility index (Phi) is 2.27. The molecule has 0 bridgehead atoms. The van der Waals surface area contributed by atoms with E-state index in [2.05, 4.69) is 48.8 Å². The molecular formula is C13H17N3. The van der Waals surface area contributed by atoms with Crippen LogP contribution in [-0.2, 0) is 10.8 Å². The lowest BCUT2D eigenvalue weighted by Crippen LogP contribution is -2.36. The van der Waals surface area contributed by atoms with Crippen LogP contribution < -0.4 is 0 Å². The Morgan fingerprint density at radius 3 is 2.12 bits per heavy atom. The molecule has 0 unspecified atom stereocenters. The van der Waals surface area contributed by atoms with Crippen molar-refractivity contribution in [2.75, 3.05) is 0 Å². The molecule has 0 saturated carbocycles. The van der Waals surface area contributed by atoms with Crippen LogP contribution in [0.4, 0.5) is 0 Å². The molecule has 0 amide bonds. The van der Waals surface area contributed by atoms with E-state index < -0.39 is 0 Å². The van der Waals surface area contributed by atoms with Gasteiger partial charge in [-0.1, -0.05) is 27.7 Å². The normalized spacial score (nSPS) is 20.9. The fourth-order valence-corrected chi connectivity index (χ4v) is 2.18. The van der Waals surface area contributed by atoms with Crippen LogP contribution in [-0.4, -0.2) is 15.2 Å². The Balaban J connectivity index is 2.66. The highest BCUT2D eigenvalue weighted by atomic mass is 15.2. The van der Waals surface area contributed by atoms with E-state index in [4.69, 9.17) is 6.42 Å². The van der Waals surface area contributed by atoms with Gasteiger partial charge in [-0.3, -0.25) is 0 Å². The van der Waals surface area contributed by atoms with Gasteiger partial charge in [-0.05, 0) is 18.8 Å². The fourth-order valence-electron chi connectivity index (χ4n) is 2.18. The van der Waals surface area contributed by atoms with Crippen LogP contribution in [0.1, 0.15) is 57.7 Å². The van der Waals surface area contributed by atoms with Crippen LogP contribution >= 0.6 is 0 Å². The zero-order chi connectivity index (χ0) is 12.0. The molecule has 0 radical (unpaired) electrons. The summed E-state index contributed by atoms with van der Waals surface area (Å²) in [6.45, 7) is 8.76. The van der Waals surface area contributed by atoms with Crippen LogP contribution in [0.3, 0.4) is 0 Å². The highest BCUT2D eigenvalue weighted by molar-refractivity contribution is 5.32. The molecule has 0 fully saturated rings. The zero-order valence-corrected chi connectivity index (χ0v) is 10.3. The van der Waals surface area contributed by atoms with E-state index in [0.29, 0.717) is 5.82 Å². The summed E-state index contributed by atoms with van der Waals surface area (Å²) in [6, 6.07) is 0. The van der Waals surface area contributed by atoms with Crippen LogP contribution in [0.25, 0.3) is 0 Å². The molecule has 1 heterocycles. The first-order valence-corrected chi connectivity index (χ1v) is 5.59. The van der Waals surface area contributed by atoms with Crippen LogP contribution in [0.2, 0.25) is 0 Å². The molecule has 0 aliphatic heterocycles. The summed E-state index contributed by atoms with van der Waals surface area (Å²) >= 11 is 0. The minimum Gasteiger partial charge on any atom is -0.222 e. The van der Waals surface area contributed by atoms with Crippen LogP contribution in [0.15, 0.2) is 0 Å². The second-order valence-corrected chi connectivity index (χ2v) is 5.74. The van der Waals surface area contributed by atoms with Crippen molar-refractivity contribution in [2.45, 2.75) is 51.4 Å². The van der Waals surface area contributed by atoms with Crippen molar-refractivity contribution in [1.29, 1.82) is 0 Å². The minimum atomic E-state index is 0.0480. The molecule has 1 aromatic rings. The molecule has 1 aliphatic rings. The van der Waals surface area contributed by atoms with Gasteiger partial charge in [0.1, 0.15) is 0 Å². The Morgan fingerprint density at radius 2 is 1.56 bits per heavy atom. The molecule has 0 aromatic carbocycles. The number of aromatic nitrogens is 3. The Bertz CT molecular complexity index is 467. The fraction of sp³-hybridized carbons (Fsp3) is 0.615. The summed E-state index contributed by atoms with van der Waals surface area (Å²) in [7, 11) is 0. The maximum Gasteiger partial charge on any atom is 0.225 e. The number of fused-ring (bicyclic) bond motifs is 1. The van der Waals surface area contributed by atoms with Crippen LogP contribution in [0, 0.1) is 12.3 Å². The molecule has 16 heavy (non-hydrogen) atoms. The van der Waals surface area contributed by atoms with Crippen LogP contribution in [0.5, 0.6) is 0 Å². The smallest absolute Gasteiger partial charge is 0.222 e.